The van der Waals surface area contributed by atoms with Crippen LogP contribution >= 0.6 is 0 Å². The highest BCUT2D eigenvalue weighted by Crippen LogP contribution is 2.32. The van der Waals surface area contributed by atoms with Crippen molar-refractivity contribution < 1.29 is 4.79 Å². The lowest BCUT2D eigenvalue weighted by Gasteiger charge is -2.32. The van der Waals surface area contributed by atoms with E-state index < -0.39 is 0 Å². The van der Waals surface area contributed by atoms with Gasteiger partial charge in [-0.3, -0.25) is 9.69 Å². The molecular formula is C24H32N4O. The molecule has 2 fully saturated rings. The van der Waals surface area contributed by atoms with E-state index in [9.17, 15) is 4.79 Å². The highest BCUT2D eigenvalue weighted by molar-refractivity contribution is 5.94. The van der Waals surface area contributed by atoms with Gasteiger partial charge in [-0.2, -0.15) is 0 Å². The molecule has 0 unspecified atom stereocenters. The highest BCUT2D eigenvalue weighted by atomic mass is 16.2. The number of likely N-dealkylation sites (N-methyl/N-ethyl adjacent to an activating group) is 1. The van der Waals surface area contributed by atoms with Gasteiger partial charge in [0.1, 0.15) is 0 Å². The summed E-state index contributed by atoms with van der Waals surface area (Å²) >= 11 is 0. The lowest BCUT2D eigenvalue weighted by molar-refractivity contribution is 0.0786. The Bertz CT molecular complexity index is 799. The van der Waals surface area contributed by atoms with Crippen molar-refractivity contribution >= 4 is 5.91 Å². The van der Waals surface area contributed by atoms with Crippen LogP contribution in [0.25, 0.3) is 0 Å². The van der Waals surface area contributed by atoms with Crippen LogP contribution in [0.5, 0.6) is 0 Å². The summed E-state index contributed by atoms with van der Waals surface area (Å²) in [5, 5.41) is 0. The zero-order valence-corrected chi connectivity index (χ0v) is 17.3. The first-order valence-electron chi connectivity index (χ1n) is 10.7. The molecule has 0 radical (unpaired) electrons. The summed E-state index contributed by atoms with van der Waals surface area (Å²) in [5.41, 5.74) is 9.36. The standard InChI is InChI=1S/C24H32N4O/c1-26-11-13-27(14-12-26)16-19-7-9-21(10-8-19)24(29)28-17-22(15-25)23(18-28)20-5-3-2-4-6-20/h2-10,22-23H,11-18,25H2,1H3/t22-,23+/m1/s1. The Labute approximate surface area is 174 Å². The highest BCUT2D eigenvalue weighted by Gasteiger charge is 2.35. The van der Waals surface area contributed by atoms with Crippen LogP contribution in [0.1, 0.15) is 27.4 Å². The molecule has 2 aromatic carbocycles. The molecule has 2 aliphatic rings. The van der Waals surface area contributed by atoms with E-state index in [4.69, 9.17) is 5.73 Å². The fourth-order valence-electron chi connectivity index (χ4n) is 4.55. The van der Waals surface area contributed by atoms with Crippen LogP contribution in [0.15, 0.2) is 54.6 Å². The minimum atomic E-state index is 0.119. The van der Waals surface area contributed by atoms with Gasteiger partial charge in [0, 0.05) is 57.3 Å². The maximum absolute atomic E-state index is 13.1. The molecule has 2 aliphatic heterocycles. The molecular weight excluding hydrogens is 360 g/mol. The van der Waals surface area contributed by atoms with Gasteiger partial charge >= 0.3 is 0 Å². The van der Waals surface area contributed by atoms with Gasteiger partial charge in [0.05, 0.1) is 0 Å². The average molecular weight is 393 g/mol. The molecule has 2 saturated heterocycles. The molecule has 1 amide bonds. The summed E-state index contributed by atoms with van der Waals surface area (Å²) in [6.45, 7) is 7.49. The van der Waals surface area contributed by atoms with Crippen molar-refractivity contribution in [2.45, 2.75) is 12.5 Å². The summed E-state index contributed by atoms with van der Waals surface area (Å²) in [6, 6.07) is 18.6. The summed E-state index contributed by atoms with van der Waals surface area (Å²) in [5.74, 6) is 0.757. The van der Waals surface area contributed by atoms with Gasteiger partial charge in [-0.1, -0.05) is 42.5 Å². The molecule has 5 heteroatoms. The number of likely N-dealkylation sites (tertiary alicyclic amines) is 1. The first-order chi connectivity index (χ1) is 14.1. The number of benzene rings is 2. The van der Waals surface area contributed by atoms with Gasteiger partial charge in [0.25, 0.3) is 5.91 Å². The Morgan fingerprint density at radius 2 is 1.66 bits per heavy atom. The Kier molecular flexibility index (Phi) is 6.28. The number of nitrogens with two attached hydrogens (primary N) is 1. The Morgan fingerprint density at radius 1 is 0.966 bits per heavy atom. The molecule has 2 N–H and O–H groups in total. The minimum Gasteiger partial charge on any atom is -0.338 e. The Morgan fingerprint density at radius 3 is 2.31 bits per heavy atom. The van der Waals surface area contributed by atoms with E-state index in [-0.39, 0.29) is 5.91 Å². The molecule has 2 heterocycles. The van der Waals surface area contributed by atoms with E-state index in [2.05, 4.69) is 53.2 Å². The molecule has 0 saturated carbocycles. The molecule has 5 nitrogen and oxygen atoms in total. The third-order valence-electron chi connectivity index (χ3n) is 6.46. The molecule has 0 bridgehead atoms. The van der Waals surface area contributed by atoms with Crippen LogP contribution < -0.4 is 5.73 Å². The average Bonchev–Trinajstić information content (AvgIpc) is 3.20. The first-order valence-corrected chi connectivity index (χ1v) is 10.7. The predicted octanol–water partition coefficient (Wildman–Crippen LogP) is 2.25. The number of amides is 1. The van der Waals surface area contributed by atoms with Crippen LogP contribution in [-0.4, -0.2) is 73.5 Å². The maximum Gasteiger partial charge on any atom is 0.253 e. The number of hydrogen-bond donors (Lipinski definition) is 1. The molecule has 29 heavy (non-hydrogen) atoms. The summed E-state index contributed by atoms with van der Waals surface area (Å²) in [4.78, 5) is 19.9. The van der Waals surface area contributed by atoms with Crippen LogP contribution in [0.4, 0.5) is 0 Å². The number of hydrogen-bond acceptors (Lipinski definition) is 4. The van der Waals surface area contributed by atoms with Crippen LogP contribution in [0.2, 0.25) is 0 Å². The number of piperazine rings is 1. The molecule has 0 spiro atoms. The zero-order valence-electron chi connectivity index (χ0n) is 17.3. The lowest BCUT2D eigenvalue weighted by Crippen LogP contribution is -2.43. The van der Waals surface area contributed by atoms with Crippen molar-refractivity contribution in [2.24, 2.45) is 11.7 Å². The lowest BCUT2D eigenvalue weighted by atomic mass is 9.89. The van der Waals surface area contributed by atoms with Gasteiger partial charge in [0.15, 0.2) is 0 Å². The van der Waals surface area contributed by atoms with Crippen molar-refractivity contribution in [3.63, 3.8) is 0 Å². The fraction of sp³-hybridized carbons (Fsp3) is 0.458. The summed E-state index contributed by atoms with van der Waals surface area (Å²) in [7, 11) is 2.17. The molecule has 0 aliphatic carbocycles. The van der Waals surface area contributed by atoms with Gasteiger partial charge in [-0.05, 0) is 42.8 Å². The van der Waals surface area contributed by atoms with E-state index in [1.807, 2.05) is 23.1 Å². The molecule has 154 valence electrons. The number of rotatable bonds is 5. The number of nitrogens with zero attached hydrogens (tertiary/aromatic N) is 3. The third-order valence-corrected chi connectivity index (χ3v) is 6.46. The minimum absolute atomic E-state index is 0.119. The second-order valence-electron chi connectivity index (χ2n) is 8.50. The zero-order chi connectivity index (χ0) is 20.2. The van der Waals surface area contributed by atoms with E-state index in [0.29, 0.717) is 18.4 Å². The van der Waals surface area contributed by atoms with Crippen molar-refractivity contribution in [3.8, 4) is 0 Å². The second kappa shape index (κ2) is 9.08. The second-order valence-corrected chi connectivity index (χ2v) is 8.50. The van der Waals surface area contributed by atoms with Crippen molar-refractivity contribution in [2.75, 3.05) is 52.9 Å². The van der Waals surface area contributed by atoms with Gasteiger partial charge in [-0.25, -0.2) is 0 Å². The predicted molar refractivity (Wildman–Crippen MR) is 117 cm³/mol. The van der Waals surface area contributed by atoms with Crippen LogP contribution in [0.3, 0.4) is 0 Å². The normalized spacial score (nSPS) is 23.4. The Balaban J connectivity index is 1.39. The quantitative estimate of drug-likeness (QED) is 0.848. The first kappa shape index (κ1) is 20.1. The molecule has 4 rings (SSSR count). The van der Waals surface area contributed by atoms with E-state index in [0.717, 1.165) is 51.4 Å². The smallest absolute Gasteiger partial charge is 0.253 e. The largest absolute Gasteiger partial charge is 0.338 e. The van der Waals surface area contributed by atoms with Gasteiger partial charge < -0.3 is 15.5 Å². The maximum atomic E-state index is 13.1. The Hall–Kier alpha value is -2.21. The van der Waals surface area contributed by atoms with Crippen molar-refractivity contribution in [1.29, 1.82) is 0 Å². The van der Waals surface area contributed by atoms with E-state index in [1.165, 1.54) is 11.1 Å². The van der Waals surface area contributed by atoms with Gasteiger partial charge in [0.2, 0.25) is 0 Å². The van der Waals surface area contributed by atoms with Crippen molar-refractivity contribution in [3.05, 3.63) is 71.3 Å². The van der Waals surface area contributed by atoms with Gasteiger partial charge in [-0.15, -0.1) is 0 Å². The fourth-order valence-corrected chi connectivity index (χ4v) is 4.55. The van der Waals surface area contributed by atoms with Crippen LogP contribution in [-0.2, 0) is 6.54 Å². The molecule has 0 aromatic heterocycles. The monoisotopic (exact) mass is 392 g/mol. The molecule has 2 atom stereocenters. The summed E-state index contributed by atoms with van der Waals surface area (Å²) in [6.07, 6.45) is 0. The van der Waals surface area contributed by atoms with Crippen LogP contribution in [0, 0.1) is 5.92 Å². The van der Waals surface area contributed by atoms with E-state index in [1.54, 1.807) is 0 Å². The number of carbonyl (C=O) groups is 1. The SMILES string of the molecule is CN1CCN(Cc2ccc(C(=O)N3C[C@@H](CN)[C@H](c4ccccc4)C3)cc2)CC1. The van der Waals surface area contributed by atoms with E-state index >= 15 is 0 Å². The van der Waals surface area contributed by atoms with Crippen molar-refractivity contribution in [1.82, 2.24) is 14.7 Å². The summed E-state index contributed by atoms with van der Waals surface area (Å²) < 4.78 is 0. The number of carbonyl (C=O) groups excluding carboxylic acids is 1. The topological polar surface area (TPSA) is 52.8 Å². The molecule has 2 aromatic rings. The third kappa shape index (κ3) is 4.69.